The fourth-order valence-corrected chi connectivity index (χ4v) is 3.54. The molecule has 4 rings (SSSR count). The molecule has 0 amide bonds. The number of halogens is 1. The second-order valence-corrected chi connectivity index (χ2v) is 6.98. The molecule has 3 heterocycles. The van der Waals surface area contributed by atoms with Gasteiger partial charge in [-0.15, -0.1) is 0 Å². The van der Waals surface area contributed by atoms with Gasteiger partial charge in [-0.25, -0.2) is 19.3 Å². The summed E-state index contributed by atoms with van der Waals surface area (Å²) in [5, 5.41) is 4.20. The molecule has 1 N–H and O–H groups in total. The van der Waals surface area contributed by atoms with Gasteiger partial charge in [0, 0.05) is 11.6 Å². The highest BCUT2D eigenvalue weighted by Gasteiger charge is 2.18. The topological polar surface area (TPSA) is 63.8 Å². The minimum Gasteiger partial charge on any atom is -0.441 e. The Labute approximate surface area is 153 Å². The van der Waals surface area contributed by atoms with Crippen LogP contribution in [0.5, 0.6) is 0 Å². The smallest absolute Gasteiger partial charge is 0.185 e. The molecule has 0 radical (unpaired) electrons. The van der Waals surface area contributed by atoms with Crippen molar-refractivity contribution in [2.45, 2.75) is 26.3 Å². The van der Waals surface area contributed by atoms with Crippen molar-refractivity contribution in [3.63, 3.8) is 0 Å². The lowest BCUT2D eigenvalue weighted by Gasteiger charge is -2.08. The first-order chi connectivity index (χ1) is 12.7. The Morgan fingerprint density at radius 2 is 2.04 bits per heavy atom. The number of pyridine rings is 1. The lowest BCUT2D eigenvalue weighted by molar-refractivity contribution is 0.570. The van der Waals surface area contributed by atoms with E-state index in [1.165, 1.54) is 23.8 Å². The molecule has 3 aromatic heterocycles. The summed E-state index contributed by atoms with van der Waals surface area (Å²) in [6.07, 6.45) is 2.32. The fourth-order valence-electron chi connectivity index (χ4n) is 2.59. The van der Waals surface area contributed by atoms with E-state index in [9.17, 15) is 4.39 Å². The molecule has 132 valence electrons. The van der Waals surface area contributed by atoms with Crippen molar-refractivity contribution in [2.24, 2.45) is 0 Å². The predicted molar refractivity (Wildman–Crippen MR) is 102 cm³/mol. The number of fused-ring (bicyclic) bond motifs is 1. The summed E-state index contributed by atoms with van der Waals surface area (Å²) < 4.78 is 19.7. The molecule has 0 bridgehead atoms. The Kier molecular flexibility index (Phi) is 4.38. The van der Waals surface area contributed by atoms with Gasteiger partial charge in [-0.3, -0.25) is 0 Å². The second kappa shape index (κ2) is 6.84. The maximum absolute atomic E-state index is 14.1. The molecule has 0 aliphatic heterocycles. The highest BCUT2D eigenvalue weighted by molar-refractivity contribution is 7.21. The standard InChI is InChI=1S/C19H17FN4OS/c1-3-11(2)22-19-24-15-9-8-14(23-18(15)26-19)17-16(21-10-25-17)12-6-4-5-7-13(12)20/h4-11H,3H2,1-2H3,(H,22,24). The van der Waals surface area contributed by atoms with Crippen molar-refractivity contribution in [1.29, 1.82) is 0 Å². The van der Waals surface area contributed by atoms with Crippen LogP contribution >= 0.6 is 11.3 Å². The van der Waals surface area contributed by atoms with Crippen molar-refractivity contribution in [2.75, 3.05) is 5.32 Å². The summed E-state index contributed by atoms with van der Waals surface area (Å²) in [6, 6.07) is 10.5. The molecule has 1 unspecified atom stereocenters. The maximum Gasteiger partial charge on any atom is 0.185 e. The zero-order valence-corrected chi connectivity index (χ0v) is 15.2. The van der Waals surface area contributed by atoms with Crippen LogP contribution in [0.2, 0.25) is 0 Å². The number of hydrogen-bond acceptors (Lipinski definition) is 6. The van der Waals surface area contributed by atoms with Gasteiger partial charge < -0.3 is 9.73 Å². The minimum atomic E-state index is -0.346. The van der Waals surface area contributed by atoms with Gasteiger partial charge in [0.1, 0.15) is 27.6 Å². The van der Waals surface area contributed by atoms with E-state index >= 15 is 0 Å². The second-order valence-electron chi connectivity index (χ2n) is 6.00. The van der Waals surface area contributed by atoms with Crippen LogP contribution in [0.3, 0.4) is 0 Å². The van der Waals surface area contributed by atoms with E-state index in [-0.39, 0.29) is 5.82 Å². The zero-order valence-electron chi connectivity index (χ0n) is 14.4. The van der Waals surface area contributed by atoms with Crippen molar-refractivity contribution in [3.8, 4) is 22.7 Å². The van der Waals surface area contributed by atoms with Gasteiger partial charge >= 0.3 is 0 Å². The lowest BCUT2D eigenvalue weighted by Crippen LogP contribution is -2.12. The average Bonchev–Trinajstić information content (AvgIpc) is 3.27. The summed E-state index contributed by atoms with van der Waals surface area (Å²) >= 11 is 1.49. The first-order valence-electron chi connectivity index (χ1n) is 8.38. The Hall–Kier alpha value is -2.80. The summed E-state index contributed by atoms with van der Waals surface area (Å²) in [5.74, 6) is 0.100. The van der Waals surface area contributed by atoms with Gasteiger partial charge in [0.2, 0.25) is 0 Å². The van der Waals surface area contributed by atoms with Crippen molar-refractivity contribution >= 4 is 26.8 Å². The molecular weight excluding hydrogens is 351 g/mol. The number of benzene rings is 1. The first-order valence-corrected chi connectivity index (χ1v) is 9.20. The molecule has 5 nitrogen and oxygen atoms in total. The SMILES string of the molecule is CCC(C)Nc1nc2ccc(-c3ocnc3-c3ccccc3F)nc2s1. The van der Waals surface area contributed by atoms with Gasteiger partial charge in [0.25, 0.3) is 0 Å². The van der Waals surface area contributed by atoms with Crippen LogP contribution in [0.1, 0.15) is 20.3 Å². The van der Waals surface area contributed by atoms with Gasteiger partial charge in [-0.05, 0) is 37.6 Å². The Morgan fingerprint density at radius 3 is 2.85 bits per heavy atom. The minimum absolute atomic E-state index is 0.344. The summed E-state index contributed by atoms with van der Waals surface area (Å²) in [6.45, 7) is 4.23. The van der Waals surface area contributed by atoms with Crippen LogP contribution in [-0.4, -0.2) is 21.0 Å². The summed E-state index contributed by atoms with van der Waals surface area (Å²) in [7, 11) is 0. The summed E-state index contributed by atoms with van der Waals surface area (Å²) in [4.78, 5) is 14.2. The van der Waals surface area contributed by atoms with Gasteiger partial charge in [0.15, 0.2) is 17.3 Å². The van der Waals surface area contributed by atoms with Crippen LogP contribution in [0, 0.1) is 5.82 Å². The highest BCUT2D eigenvalue weighted by Crippen LogP contribution is 2.33. The third kappa shape index (κ3) is 3.06. The quantitative estimate of drug-likeness (QED) is 0.513. The normalized spacial score (nSPS) is 12.4. The Bertz CT molecular complexity index is 1060. The van der Waals surface area contributed by atoms with Gasteiger partial charge in [-0.1, -0.05) is 30.4 Å². The molecule has 4 aromatic rings. The molecule has 0 fully saturated rings. The van der Waals surface area contributed by atoms with Crippen molar-refractivity contribution in [3.05, 3.63) is 48.6 Å². The average molecular weight is 368 g/mol. The zero-order chi connectivity index (χ0) is 18.1. The van der Waals surface area contributed by atoms with E-state index in [2.05, 4.69) is 34.1 Å². The number of hydrogen-bond donors (Lipinski definition) is 1. The first kappa shape index (κ1) is 16.7. The molecule has 0 saturated heterocycles. The van der Waals surface area contributed by atoms with E-state index in [1.807, 2.05) is 12.1 Å². The molecule has 1 aromatic carbocycles. The van der Waals surface area contributed by atoms with E-state index in [0.717, 1.165) is 21.9 Å². The lowest BCUT2D eigenvalue weighted by atomic mass is 10.1. The van der Waals surface area contributed by atoms with Crippen LogP contribution in [0.25, 0.3) is 33.1 Å². The third-order valence-corrected chi connectivity index (χ3v) is 5.06. The van der Waals surface area contributed by atoms with Gasteiger partial charge in [-0.2, -0.15) is 0 Å². The Balaban J connectivity index is 1.74. The maximum atomic E-state index is 14.1. The molecule has 0 aliphatic rings. The number of nitrogens with one attached hydrogen (secondary N) is 1. The van der Waals surface area contributed by atoms with E-state index < -0.39 is 0 Å². The van der Waals surface area contributed by atoms with Crippen LogP contribution in [-0.2, 0) is 0 Å². The van der Waals surface area contributed by atoms with Crippen LogP contribution < -0.4 is 5.32 Å². The number of aromatic nitrogens is 3. The Morgan fingerprint density at radius 1 is 1.19 bits per heavy atom. The van der Waals surface area contributed by atoms with Crippen molar-refractivity contribution < 1.29 is 8.81 Å². The predicted octanol–water partition coefficient (Wildman–Crippen LogP) is 5.36. The van der Waals surface area contributed by atoms with Crippen LogP contribution in [0.15, 0.2) is 47.2 Å². The number of anilines is 1. The molecule has 26 heavy (non-hydrogen) atoms. The summed E-state index contributed by atoms with van der Waals surface area (Å²) in [5.41, 5.74) is 2.25. The van der Waals surface area contributed by atoms with Gasteiger partial charge in [0.05, 0.1) is 0 Å². The van der Waals surface area contributed by atoms with Crippen LogP contribution in [0.4, 0.5) is 9.52 Å². The van der Waals surface area contributed by atoms with Crippen molar-refractivity contribution in [1.82, 2.24) is 15.0 Å². The molecule has 1 atom stereocenters. The monoisotopic (exact) mass is 368 g/mol. The van der Waals surface area contributed by atoms with E-state index in [0.29, 0.717) is 28.8 Å². The number of nitrogens with zero attached hydrogens (tertiary/aromatic N) is 3. The molecule has 0 aliphatic carbocycles. The number of thiazole rings is 1. The fraction of sp³-hybridized carbons (Fsp3) is 0.211. The molecule has 7 heteroatoms. The molecular formula is C19H17FN4OS. The number of rotatable bonds is 5. The molecule has 0 saturated carbocycles. The third-order valence-electron chi connectivity index (χ3n) is 4.17. The number of oxazole rings is 1. The van der Waals surface area contributed by atoms with E-state index in [4.69, 9.17) is 4.42 Å². The molecule has 0 spiro atoms. The van der Waals surface area contributed by atoms with E-state index in [1.54, 1.807) is 18.2 Å². The largest absolute Gasteiger partial charge is 0.441 e. The highest BCUT2D eigenvalue weighted by atomic mass is 32.1.